The largest absolute Gasteiger partial charge is 0.459 e. The van der Waals surface area contributed by atoms with Gasteiger partial charge in [-0.15, -0.1) is 0 Å². The normalized spacial score (nSPS) is 28.9. The van der Waals surface area contributed by atoms with Gasteiger partial charge >= 0.3 is 11.7 Å². The fourth-order valence-electron chi connectivity index (χ4n) is 3.11. The average Bonchev–Trinajstić information content (AvgIpc) is 3.02. The lowest BCUT2D eigenvalue weighted by Crippen LogP contribution is -2.44. The summed E-state index contributed by atoms with van der Waals surface area (Å²) in [7, 11) is -1.99. The van der Waals surface area contributed by atoms with Crippen LogP contribution in [0.15, 0.2) is 21.9 Å². The maximum atomic E-state index is 12.1. The smallest absolute Gasteiger partial charge is 0.330 e. The summed E-state index contributed by atoms with van der Waals surface area (Å²) in [6, 6.07) is 1.26. The van der Waals surface area contributed by atoms with Crippen LogP contribution in [0.4, 0.5) is 0 Å². The molecular weight excluding hydrogens is 356 g/mol. The van der Waals surface area contributed by atoms with Gasteiger partial charge in [-0.2, -0.15) is 0 Å². The lowest BCUT2D eigenvalue weighted by Gasteiger charge is -2.37. The van der Waals surface area contributed by atoms with Gasteiger partial charge in [-0.25, -0.2) is 4.79 Å². The van der Waals surface area contributed by atoms with Crippen molar-refractivity contribution in [2.45, 2.75) is 63.8 Å². The van der Waals surface area contributed by atoms with E-state index < -0.39 is 38.0 Å². The number of ether oxygens (including phenoxy) is 2. The highest BCUT2D eigenvalue weighted by Crippen LogP contribution is 2.43. The molecule has 0 aromatic carbocycles. The summed E-state index contributed by atoms with van der Waals surface area (Å²) in [6.45, 7) is 11.0. The Kier molecular flexibility index (Phi) is 4.74. The molecule has 9 heteroatoms. The van der Waals surface area contributed by atoms with Crippen molar-refractivity contribution in [3.05, 3.63) is 33.1 Å². The van der Waals surface area contributed by atoms with Crippen molar-refractivity contribution in [2.75, 3.05) is 6.61 Å². The number of fused-ring (bicyclic) bond motifs is 1. The molecule has 2 fully saturated rings. The number of esters is 1. The Hall–Kier alpha value is -1.71. The quantitative estimate of drug-likeness (QED) is 0.624. The van der Waals surface area contributed by atoms with Gasteiger partial charge in [0.05, 0.1) is 18.9 Å². The number of rotatable bonds is 4. The number of carbonyl (C=O) groups excluding carboxylic acids is 1. The molecule has 144 valence electrons. The molecule has 3 heterocycles. The van der Waals surface area contributed by atoms with E-state index in [1.165, 1.54) is 16.8 Å². The van der Waals surface area contributed by atoms with Crippen molar-refractivity contribution < 1.29 is 18.7 Å². The van der Waals surface area contributed by atoms with Gasteiger partial charge in [-0.1, -0.05) is 20.8 Å². The van der Waals surface area contributed by atoms with Crippen LogP contribution in [0.25, 0.3) is 0 Å². The molecule has 0 bridgehead atoms. The van der Waals surface area contributed by atoms with Crippen LogP contribution >= 0.6 is 0 Å². The second kappa shape index (κ2) is 6.47. The molecule has 0 spiro atoms. The zero-order chi connectivity index (χ0) is 19.3. The first-order chi connectivity index (χ1) is 12.0. The Bertz CT molecular complexity index is 808. The number of aromatic nitrogens is 2. The van der Waals surface area contributed by atoms with Crippen molar-refractivity contribution >= 4 is 14.3 Å². The van der Waals surface area contributed by atoms with Crippen molar-refractivity contribution in [2.24, 2.45) is 5.92 Å². The van der Waals surface area contributed by atoms with Gasteiger partial charge in [0.15, 0.2) is 8.32 Å². The lowest BCUT2D eigenvalue weighted by molar-refractivity contribution is -0.147. The molecule has 1 aromatic heterocycles. The topological polar surface area (TPSA) is 99.6 Å². The number of H-pyrrole nitrogens is 1. The average molecular weight is 382 g/mol. The van der Waals surface area contributed by atoms with Gasteiger partial charge in [0.2, 0.25) is 0 Å². The molecule has 2 aliphatic heterocycles. The third-order valence-corrected chi connectivity index (χ3v) is 10.2. The number of nitrogens with zero attached hydrogens (tertiary/aromatic N) is 1. The van der Waals surface area contributed by atoms with Gasteiger partial charge in [-0.05, 0) is 18.1 Å². The summed E-state index contributed by atoms with van der Waals surface area (Å²) in [5.41, 5.74) is -1.04. The van der Waals surface area contributed by atoms with Gasteiger partial charge in [0.1, 0.15) is 18.4 Å². The van der Waals surface area contributed by atoms with Crippen LogP contribution in [0.5, 0.6) is 0 Å². The Labute approximate surface area is 152 Å². The number of aromatic amines is 1. The highest BCUT2D eigenvalue weighted by atomic mass is 28.4. The predicted molar refractivity (Wildman–Crippen MR) is 96.4 cm³/mol. The van der Waals surface area contributed by atoms with Crippen molar-refractivity contribution in [3.63, 3.8) is 0 Å². The number of hydrogen-bond donors (Lipinski definition) is 1. The summed E-state index contributed by atoms with van der Waals surface area (Å²) in [5, 5.41) is 0.0482. The molecule has 4 atom stereocenters. The van der Waals surface area contributed by atoms with Gasteiger partial charge < -0.3 is 13.9 Å². The summed E-state index contributed by atoms with van der Waals surface area (Å²) >= 11 is 0. The monoisotopic (exact) mass is 382 g/mol. The third-order valence-electron chi connectivity index (χ3n) is 5.68. The first-order valence-electron chi connectivity index (χ1n) is 8.80. The third kappa shape index (κ3) is 3.43. The van der Waals surface area contributed by atoms with E-state index in [0.29, 0.717) is 6.61 Å². The summed E-state index contributed by atoms with van der Waals surface area (Å²) in [4.78, 5) is 37.5. The molecule has 2 aliphatic rings. The molecule has 1 N–H and O–H groups in total. The van der Waals surface area contributed by atoms with Crippen molar-refractivity contribution in [3.8, 4) is 0 Å². The summed E-state index contributed by atoms with van der Waals surface area (Å²) < 4.78 is 19.0. The molecule has 1 aromatic rings. The second-order valence-corrected chi connectivity index (χ2v) is 13.3. The van der Waals surface area contributed by atoms with Crippen LogP contribution in [0, 0.1) is 5.92 Å². The van der Waals surface area contributed by atoms with E-state index in [-0.39, 0.29) is 23.3 Å². The maximum Gasteiger partial charge on any atom is 0.330 e. The highest BCUT2D eigenvalue weighted by molar-refractivity contribution is 6.74. The first-order valence-corrected chi connectivity index (χ1v) is 11.7. The molecule has 0 aliphatic carbocycles. The zero-order valence-electron chi connectivity index (χ0n) is 15.8. The van der Waals surface area contributed by atoms with Crippen LogP contribution < -0.4 is 11.2 Å². The SMILES string of the molecule is CC(C)(C)[Si](C)(C)OC[C@H]1O[C@@H](n2ccc(=O)[nH]c2=O)[C@@H]2CC(=O)O[C@@H]21. The van der Waals surface area contributed by atoms with E-state index in [9.17, 15) is 14.4 Å². The van der Waals surface area contributed by atoms with Gasteiger partial charge in [0.25, 0.3) is 5.56 Å². The summed E-state index contributed by atoms with van der Waals surface area (Å²) in [5.74, 6) is -0.581. The number of hydrogen-bond acceptors (Lipinski definition) is 6. The van der Waals surface area contributed by atoms with E-state index >= 15 is 0 Å². The Morgan fingerprint density at radius 3 is 2.62 bits per heavy atom. The molecule has 8 nitrogen and oxygen atoms in total. The lowest BCUT2D eigenvalue weighted by atomic mass is 9.99. The molecule has 0 amide bonds. The van der Waals surface area contributed by atoms with Crippen molar-refractivity contribution in [1.82, 2.24) is 9.55 Å². The van der Waals surface area contributed by atoms with Crippen LogP contribution in [0.1, 0.15) is 33.4 Å². The second-order valence-electron chi connectivity index (χ2n) is 8.48. The molecule has 3 rings (SSSR count). The molecular formula is C17H26N2O6Si. The van der Waals surface area contributed by atoms with Crippen LogP contribution in [0.2, 0.25) is 18.1 Å². The van der Waals surface area contributed by atoms with E-state index in [1.54, 1.807) is 0 Å². The molecule has 0 unspecified atom stereocenters. The van der Waals surface area contributed by atoms with E-state index in [1.807, 2.05) is 0 Å². The molecule has 2 saturated heterocycles. The Morgan fingerprint density at radius 2 is 2.00 bits per heavy atom. The molecule has 26 heavy (non-hydrogen) atoms. The summed E-state index contributed by atoms with van der Waals surface area (Å²) in [6.07, 6.45) is 0.0181. The van der Waals surface area contributed by atoms with Gasteiger partial charge in [0, 0.05) is 12.3 Å². The predicted octanol–water partition coefficient (Wildman–Crippen LogP) is 1.39. The van der Waals surface area contributed by atoms with Crippen molar-refractivity contribution in [1.29, 1.82) is 0 Å². The molecule has 0 saturated carbocycles. The fourth-order valence-corrected chi connectivity index (χ4v) is 4.12. The Morgan fingerprint density at radius 1 is 1.31 bits per heavy atom. The highest BCUT2D eigenvalue weighted by Gasteiger charge is 2.53. The Balaban J connectivity index is 1.82. The van der Waals surface area contributed by atoms with Crippen LogP contribution in [-0.4, -0.2) is 42.7 Å². The van der Waals surface area contributed by atoms with Crippen LogP contribution in [-0.2, 0) is 18.7 Å². The minimum Gasteiger partial charge on any atom is -0.459 e. The number of carbonyl (C=O) groups is 1. The standard InChI is InChI=1S/C17H26N2O6Si/c1-17(2,3)26(4,5)23-9-11-14-10(8-13(21)25-14)15(24-11)19-7-6-12(20)18-16(19)22/h6-7,10-11,14-15H,8-9H2,1-5H3,(H,18,20,22)/t10-,11-,14+,15-/m1/s1. The first kappa shape index (κ1) is 19.1. The maximum absolute atomic E-state index is 12.1. The van der Waals surface area contributed by atoms with Gasteiger partial charge in [-0.3, -0.25) is 19.1 Å². The van der Waals surface area contributed by atoms with E-state index in [2.05, 4.69) is 38.8 Å². The van der Waals surface area contributed by atoms with E-state index in [4.69, 9.17) is 13.9 Å². The molecule has 0 radical (unpaired) electrons. The van der Waals surface area contributed by atoms with Crippen LogP contribution in [0.3, 0.4) is 0 Å². The minimum absolute atomic E-state index is 0.0482. The number of nitrogens with one attached hydrogen (secondary N) is 1. The van der Waals surface area contributed by atoms with E-state index in [0.717, 1.165) is 0 Å². The zero-order valence-corrected chi connectivity index (χ0v) is 16.8. The minimum atomic E-state index is -1.99. The fraction of sp³-hybridized carbons (Fsp3) is 0.706.